The predicted octanol–water partition coefficient (Wildman–Crippen LogP) is 3.50. The van der Waals surface area contributed by atoms with Crippen LogP contribution in [-0.4, -0.2) is 18.2 Å². The molecule has 1 aromatic carbocycles. The van der Waals surface area contributed by atoms with Crippen LogP contribution in [0.3, 0.4) is 0 Å². The molecule has 1 atom stereocenters. The van der Waals surface area contributed by atoms with E-state index in [1.165, 1.54) is 5.56 Å². The van der Waals surface area contributed by atoms with Crippen molar-refractivity contribution in [2.45, 2.75) is 26.2 Å². The Balaban J connectivity index is 2.26. The highest BCUT2D eigenvalue weighted by atomic mass is 16.5. The normalized spacial score (nSPS) is 12.5. The lowest BCUT2D eigenvalue weighted by atomic mass is 10.0. The van der Waals surface area contributed by atoms with Gasteiger partial charge in [0.1, 0.15) is 5.75 Å². The SMILES string of the molecule is COc1ccc(C[CH]C=CC(C)CCC(=O)O)cc1. The van der Waals surface area contributed by atoms with Gasteiger partial charge in [-0.2, -0.15) is 0 Å². The van der Waals surface area contributed by atoms with Gasteiger partial charge in [-0.15, -0.1) is 0 Å². The Morgan fingerprint density at radius 1 is 1.37 bits per heavy atom. The van der Waals surface area contributed by atoms with Crippen molar-refractivity contribution in [2.24, 2.45) is 5.92 Å². The Labute approximate surface area is 114 Å². The van der Waals surface area contributed by atoms with Crippen molar-refractivity contribution in [2.75, 3.05) is 7.11 Å². The first-order valence-corrected chi connectivity index (χ1v) is 6.46. The number of aliphatic carboxylic acids is 1. The second-order valence-electron chi connectivity index (χ2n) is 4.58. The van der Waals surface area contributed by atoms with Gasteiger partial charge in [0, 0.05) is 6.42 Å². The molecule has 0 bridgehead atoms. The van der Waals surface area contributed by atoms with Crippen LogP contribution in [0.2, 0.25) is 0 Å². The fourth-order valence-corrected chi connectivity index (χ4v) is 1.68. The zero-order chi connectivity index (χ0) is 14.1. The van der Waals surface area contributed by atoms with Crippen LogP contribution in [0.1, 0.15) is 25.3 Å². The van der Waals surface area contributed by atoms with E-state index in [2.05, 4.69) is 6.42 Å². The van der Waals surface area contributed by atoms with E-state index in [-0.39, 0.29) is 6.42 Å². The number of allylic oxidation sites excluding steroid dienone is 2. The van der Waals surface area contributed by atoms with Crippen LogP contribution in [0.4, 0.5) is 0 Å². The maximum atomic E-state index is 10.4. The fraction of sp³-hybridized carbons (Fsp3) is 0.375. The van der Waals surface area contributed by atoms with Crippen molar-refractivity contribution in [1.29, 1.82) is 0 Å². The third kappa shape index (κ3) is 6.65. The average molecular weight is 261 g/mol. The van der Waals surface area contributed by atoms with Gasteiger partial charge in [-0.05, 0) is 42.9 Å². The number of carboxylic acids is 1. The summed E-state index contributed by atoms with van der Waals surface area (Å²) in [5.41, 5.74) is 1.23. The molecular weight excluding hydrogens is 240 g/mol. The highest BCUT2D eigenvalue weighted by Gasteiger charge is 2.01. The van der Waals surface area contributed by atoms with Crippen molar-refractivity contribution in [1.82, 2.24) is 0 Å². The Hall–Kier alpha value is -1.77. The fourth-order valence-electron chi connectivity index (χ4n) is 1.68. The molecule has 0 saturated carbocycles. The summed E-state index contributed by atoms with van der Waals surface area (Å²) >= 11 is 0. The minimum atomic E-state index is -0.734. The van der Waals surface area contributed by atoms with Gasteiger partial charge < -0.3 is 9.84 Å². The zero-order valence-electron chi connectivity index (χ0n) is 11.5. The summed E-state index contributed by atoms with van der Waals surface area (Å²) < 4.78 is 5.10. The Morgan fingerprint density at radius 2 is 2.05 bits per heavy atom. The molecule has 1 rings (SSSR count). The third-order valence-corrected chi connectivity index (χ3v) is 2.90. The van der Waals surface area contributed by atoms with E-state index in [0.29, 0.717) is 12.3 Å². The lowest BCUT2D eigenvalue weighted by Crippen LogP contribution is -1.98. The van der Waals surface area contributed by atoms with E-state index in [1.807, 2.05) is 43.3 Å². The second-order valence-corrected chi connectivity index (χ2v) is 4.58. The molecule has 0 saturated heterocycles. The van der Waals surface area contributed by atoms with Crippen molar-refractivity contribution < 1.29 is 14.6 Å². The number of ether oxygens (including phenoxy) is 1. The molecule has 0 aliphatic rings. The molecule has 1 radical (unpaired) electrons. The molecule has 0 heterocycles. The average Bonchev–Trinajstić information content (AvgIpc) is 2.42. The number of methoxy groups -OCH3 is 1. The monoisotopic (exact) mass is 261 g/mol. The summed E-state index contributed by atoms with van der Waals surface area (Å²) in [6.45, 7) is 2.03. The molecule has 19 heavy (non-hydrogen) atoms. The number of hydrogen-bond acceptors (Lipinski definition) is 2. The number of benzene rings is 1. The molecule has 1 N–H and O–H groups in total. The smallest absolute Gasteiger partial charge is 0.303 e. The minimum Gasteiger partial charge on any atom is -0.497 e. The second kappa shape index (κ2) is 8.35. The molecule has 3 nitrogen and oxygen atoms in total. The Kier molecular flexibility index (Phi) is 6.72. The first kappa shape index (κ1) is 15.3. The maximum absolute atomic E-state index is 10.4. The summed E-state index contributed by atoms with van der Waals surface area (Å²) in [7, 11) is 1.66. The summed E-state index contributed by atoms with van der Waals surface area (Å²) in [6.07, 6.45) is 7.92. The standard InChI is InChI=1S/C16H21O3/c1-13(7-12-16(17)18)5-3-4-6-14-8-10-15(19-2)11-9-14/h3-5,8-11,13H,6-7,12H2,1-2H3,(H,17,18). The Morgan fingerprint density at radius 3 is 2.63 bits per heavy atom. The highest BCUT2D eigenvalue weighted by Crippen LogP contribution is 2.13. The lowest BCUT2D eigenvalue weighted by molar-refractivity contribution is -0.137. The van der Waals surface area contributed by atoms with Crippen LogP contribution in [0, 0.1) is 12.3 Å². The van der Waals surface area contributed by atoms with Gasteiger partial charge in [0.2, 0.25) is 0 Å². The molecule has 0 aliphatic carbocycles. The van der Waals surface area contributed by atoms with E-state index in [9.17, 15) is 4.79 Å². The van der Waals surface area contributed by atoms with E-state index >= 15 is 0 Å². The van der Waals surface area contributed by atoms with Gasteiger partial charge in [-0.3, -0.25) is 4.79 Å². The van der Waals surface area contributed by atoms with Crippen LogP contribution in [0.25, 0.3) is 0 Å². The number of carbonyl (C=O) groups is 1. The van der Waals surface area contributed by atoms with Crippen LogP contribution in [-0.2, 0) is 11.2 Å². The highest BCUT2D eigenvalue weighted by molar-refractivity contribution is 5.66. The van der Waals surface area contributed by atoms with Crippen LogP contribution < -0.4 is 4.74 Å². The molecule has 0 amide bonds. The van der Waals surface area contributed by atoms with Gasteiger partial charge in [0.05, 0.1) is 7.11 Å². The van der Waals surface area contributed by atoms with Crippen LogP contribution >= 0.6 is 0 Å². The number of rotatable bonds is 8. The van der Waals surface area contributed by atoms with Crippen LogP contribution in [0.15, 0.2) is 36.4 Å². The van der Waals surface area contributed by atoms with Crippen molar-refractivity contribution in [3.8, 4) is 5.75 Å². The molecule has 0 aliphatic heterocycles. The summed E-state index contributed by atoms with van der Waals surface area (Å²) in [4.78, 5) is 10.4. The van der Waals surface area contributed by atoms with Gasteiger partial charge in [0.25, 0.3) is 0 Å². The quantitative estimate of drug-likeness (QED) is 0.779. The van der Waals surface area contributed by atoms with E-state index < -0.39 is 5.97 Å². The maximum Gasteiger partial charge on any atom is 0.303 e. The first-order valence-electron chi connectivity index (χ1n) is 6.46. The summed E-state index contributed by atoms with van der Waals surface area (Å²) in [6, 6.07) is 7.97. The molecule has 0 spiro atoms. The zero-order valence-corrected chi connectivity index (χ0v) is 11.5. The van der Waals surface area contributed by atoms with Gasteiger partial charge in [0.15, 0.2) is 0 Å². The van der Waals surface area contributed by atoms with Gasteiger partial charge >= 0.3 is 5.97 Å². The molecule has 103 valence electrons. The largest absolute Gasteiger partial charge is 0.497 e. The predicted molar refractivity (Wildman–Crippen MR) is 76.2 cm³/mol. The van der Waals surface area contributed by atoms with E-state index in [4.69, 9.17) is 9.84 Å². The van der Waals surface area contributed by atoms with E-state index in [1.54, 1.807) is 7.11 Å². The van der Waals surface area contributed by atoms with Gasteiger partial charge in [-0.25, -0.2) is 0 Å². The summed E-state index contributed by atoms with van der Waals surface area (Å²) in [5.74, 6) is 0.423. The molecule has 0 fully saturated rings. The Bertz CT molecular complexity index is 407. The number of hydrogen-bond donors (Lipinski definition) is 1. The summed E-state index contributed by atoms with van der Waals surface area (Å²) in [5, 5.41) is 8.58. The van der Waals surface area contributed by atoms with Crippen molar-refractivity contribution >= 4 is 5.97 Å². The lowest BCUT2D eigenvalue weighted by Gasteiger charge is -2.03. The minimum absolute atomic E-state index is 0.226. The van der Waals surface area contributed by atoms with Crippen molar-refractivity contribution in [3.05, 3.63) is 48.4 Å². The van der Waals surface area contributed by atoms with Gasteiger partial charge in [-0.1, -0.05) is 31.2 Å². The van der Waals surface area contributed by atoms with Crippen molar-refractivity contribution in [3.63, 3.8) is 0 Å². The first-order chi connectivity index (χ1) is 9.11. The van der Waals surface area contributed by atoms with Crippen LogP contribution in [0.5, 0.6) is 5.75 Å². The molecule has 3 heteroatoms. The molecule has 1 unspecified atom stereocenters. The molecular formula is C16H21O3. The number of carboxylic acid groups (broad SMARTS) is 1. The topological polar surface area (TPSA) is 46.5 Å². The molecule has 1 aromatic rings. The molecule has 0 aromatic heterocycles. The van der Waals surface area contributed by atoms with E-state index in [0.717, 1.165) is 12.2 Å². The third-order valence-electron chi connectivity index (χ3n) is 2.90.